The van der Waals surface area contributed by atoms with Gasteiger partial charge in [-0.3, -0.25) is 9.78 Å². The zero-order valence-electron chi connectivity index (χ0n) is 17.2. The zero-order valence-corrected chi connectivity index (χ0v) is 19.6. The molecule has 1 fully saturated rings. The molecule has 1 aliphatic rings. The van der Waals surface area contributed by atoms with Crippen LogP contribution in [0.3, 0.4) is 0 Å². The number of aryl methyl sites for hydroxylation is 1. The van der Waals surface area contributed by atoms with Crippen LogP contribution in [0.1, 0.15) is 35.5 Å². The van der Waals surface area contributed by atoms with E-state index in [2.05, 4.69) is 32.3 Å². The fourth-order valence-corrected chi connectivity index (χ4v) is 4.77. The number of thiocarbonyl (C=S) groups is 1. The Kier molecular flexibility index (Phi) is 6.38. The second-order valence-electron chi connectivity index (χ2n) is 7.33. The van der Waals surface area contributed by atoms with E-state index in [0.717, 1.165) is 32.8 Å². The number of hydrogen-bond acceptors (Lipinski definition) is 5. The van der Waals surface area contributed by atoms with Crippen LogP contribution in [0, 0.1) is 6.92 Å². The number of furan rings is 1. The smallest absolute Gasteiger partial charge is 0.307 e. The van der Waals surface area contributed by atoms with Gasteiger partial charge in [0.05, 0.1) is 25.3 Å². The van der Waals surface area contributed by atoms with Crippen molar-refractivity contribution in [3.05, 3.63) is 76.2 Å². The molecular weight excluding hydrogens is 478 g/mol. The molecule has 160 valence electrons. The number of methoxy groups -OCH3 is 1. The highest BCUT2D eigenvalue weighted by molar-refractivity contribution is 9.10. The quantitative estimate of drug-likeness (QED) is 0.380. The predicted molar refractivity (Wildman–Crippen MR) is 125 cm³/mol. The summed E-state index contributed by atoms with van der Waals surface area (Å²) in [5, 5.41) is 3.91. The van der Waals surface area contributed by atoms with E-state index in [4.69, 9.17) is 21.4 Å². The number of esters is 1. The number of aromatic nitrogens is 1. The van der Waals surface area contributed by atoms with Crippen LogP contribution in [0.25, 0.3) is 11.3 Å². The Hall–Kier alpha value is -2.71. The number of benzene rings is 1. The Balaban J connectivity index is 1.70. The lowest BCUT2D eigenvalue weighted by Gasteiger charge is -2.25. The standard InChI is InChI=1S/C23H22BrN3O3S/c1-14-6-7-15(16(24)13-14)18-8-9-19(30-18)22-21(17-5-3-4-11-25-17)26-23(31)27(22)12-10-20(28)29-2/h3-9,11,13,21-22H,10,12H2,1-2H3,(H,26,31)/t21-,22-/m1/s1. The van der Waals surface area contributed by atoms with Gasteiger partial charge in [-0.2, -0.15) is 0 Å². The largest absolute Gasteiger partial charge is 0.469 e. The van der Waals surface area contributed by atoms with Crippen molar-refractivity contribution in [3.8, 4) is 11.3 Å². The third-order valence-corrected chi connectivity index (χ3v) is 6.30. The number of carbonyl (C=O) groups excluding carboxylic acids is 1. The van der Waals surface area contributed by atoms with Gasteiger partial charge in [-0.25, -0.2) is 0 Å². The maximum absolute atomic E-state index is 11.8. The first kappa shape index (κ1) is 21.5. The van der Waals surface area contributed by atoms with Crippen LogP contribution < -0.4 is 5.32 Å². The van der Waals surface area contributed by atoms with Crippen molar-refractivity contribution in [3.63, 3.8) is 0 Å². The molecule has 1 aromatic carbocycles. The van der Waals surface area contributed by atoms with Crippen LogP contribution in [0.5, 0.6) is 0 Å². The Labute approximate surface area is 194 Å². The fraction of sp³-hybridized carbons (Fsp3) is 0.261. The topological polar surface area (TPSA) is 67.6 Å². The Morgan fingerprint density at radius 1 is 1.29 bits per heavy atom. The second-order valence-corrected chi connectivity index (χ2v) is 8.57. The van der Waals surface area contributed by atoms with E-state index in [0.29, 0.717) is 11.7 Å². The van der Waals surface area contributed by atoms with Gasteiger partial charge in [0.15, 0.2) is 5.11 Å². The van der Waals surface area contributed by atoms with Crippen LogP contribution in [-0.2, 0) is 9.53 Å². The number of pyridine rings is 1. The molecule has 0 saturated carbocycles. The maximum atomic E-state index is 11.8. The van der Waals surface area contributed by atoms with Gasteiger partial charge in [0, 0.05) is 22.8 Å². The molecule has 1 saturated heterocycles. The van der Waals surface area contributed by atoms with Crippen molar-refractivity contribution in [1.82, 2.24) is 15.2 Å². The summed E-state index contributed by atoms with van der Waals surface area (Å²) >= 11 is 9.23. The molecule has 8 heteroatoms. The van der Waals surface area contributed by atoms with E-state index in [9.17, 15) is 4.79 Å². The van der Waals surface area contributed by atoms with Crippen molar-refractivity contribution >= 4 is 39.2 Å². The lowest BCUT2D eigenvalue weighted by atomic mass is 10.0. The van der Waals surface area contributed by atoms with Crippen LogP contribution in [-0.4, -0.2) is 34.6 Å². The molecule has 31 heavy (non-hydrogen) atoms. The SMILES string of the molecule is COC(=O)CCN1C(=S)N[C@H](c2ccccn2)[C@H]1c1ccc(-c2ccc(C)cc2Br)o1. The first-order valence-electron chi connectivity index (χ1n) is 9.89. The number of hydrogen-bond donors (Lipinski definition) is 1. The van der Waals surface area contributed by atoms with Crippen molar-refractivity contribution in [2.75, 3.05) is 13.7 Å². The number of ether oxygens (including phenoxy) is 1. The fourth-order valence-electron chi connectivity index (χ4n) is 3.75. The summed E-state index contributed by atoms with van der Waals surface area (Å²) in [5.74, 6) is 1.22. The van der Waals surface area contributed by atoms with Crippen LogP contribution in [0.4, 0.5) is 0 Å². The monoisotopic (exact) mass is 499 g/mol. The molecule has 2 aromatic heterocycles. The second kappa shape index (κ2) is 9.20. The van der Waals surface area contributed by atoms with Crippen molar-refractivity contribution < 1.29 is 13.9 Å². The molecule has 0 radical (unpaired) electrons. The Bertz CT molecular complexity index is 1100. The molecule has 2 atom stereocenters. The summed E-state index contributed by atoms with van der Waals surface area (Å²) < 4.78 is 12.1. The van der Waals surface area contributed by atoms with E-state index in [1.165, 1.54) is 7.11 Å². The molecule has 0 aliphatic carbocycles. The highest BCUT2D eigenvalue weighted by Crippen LogP contribution is 2.41. The third-order valence-electron chi connectivity index (χ3n) is 5.29. The van der Waals surface area contributed by atoms with Crippen LogP contribution in [0.15, 0.2) is 63.6 Å². The molecule has 0 amide bonds. The molecule has 3 heterocycles. The minimum Gasteiger partial charge on any atom is -0.469 e. The lowest BCUT2D eigenvalue weighted by Crippen LogP contribution is -2.31. The van der Waals surface area contributed by atoms with E-state index in [1.54, 1.807) is 6.20 Å². The van der Waals surface area contributed by atoms with E-state index in [-0.39, 0.29) is 24.5 Å². The summed E-state index contributed by atoms with van der Waals surface area (Å²) in [5.41, 5.74) is 2.99. The number of halogens is 1. The maximum Gasteiger partial charge on any atom is 0.307 e. The normalized spacial score (nSPS) is 18.2. The highest BCUT2D eigenvalue weighted by Gasteiger charge is 2.41. The minimum absolute atomic E-state index is 0.202. The average molecular weight is 500 g/mol. The first-order chi connectivity index (χ1) is 15.0. The lowest BCUT2D eigenvalue weighted by molar-refractivity contribution is -0.140. The summed E-state index contributed by atoms with van der Waals surface area (Å²) in [6.07, 6.45) is 1.98. The molecule has 1 aliphatic heterocycles. The number of rotatable bonds is 6. The van der Waals surface area contributed by atoms with Gasteiger partial charge < -0.3 is 19.4 Å². The Morgan fingerprint density at radius 3 is 2.84 bits per heavy atom. The van der Waals surface area contributed by atoms with E-state index in [1.807, 2.05) is 54.3 Å². The molecule has 1 N–H and O–H groups in total. The molecule has 0 unspecified atom stereocenters. The van der Waals surface area contributed by atoms with Crippen molar-refractivity contribution in [1.29, 1.82) is 0 Å². The highest BCUT2D eigenvalue weighted by atomic mass is 79.9. The van der Waals surface area contributed by atoms with E-state index >= 15 is 0 Å². The molecule has 6 nitrogen and oxygen atoms in total. The number of nitrogens with zero attached hydrogens (tertiary/aromatic N) is 2. The minimum atomic E-state index is -0.286. The van der Waals surface area contributed by atoms with E-state index < -0.39 is 0 Å². The summed E-state index contributed by atoms with van der Waals surface area (Å²) in [4.78, 5) is 18.3. The molecule has 4 rings (SSSR count). The third kappa shape index (κ3) is 4.50. The van der Waals surface area contributed by atoms with Crippen LogP contribution in [0.2, 0.25) is 0 Å². The van der Waals surface area contributed by atoms with Gasteiger partial charge in [0.25, 0.3) is 0 Å². The van der Waals surface area contributed by atoms with Crippen molar-refractivity contribution in [2.45, 2.75) is 25.4 Å². The van der Waals surface area contributed by atoms with Gasteiger partial charge in [0.2, 0.25) is 0 Å². The zero-order chi connectivity index (χ0) is 22.0. The van der Waals surface area contributed by atoms with Gasteiger partial charge in [-0.05, 0) is 61.1 Å². The van der Waals surface area contributed by atoms with Crippen LogP contribution >= 0.6 is 28.1 Å². The van der Waals surface area contributed by atoms with Gasteiger partial charge in [-0.15, -0.1) is 0 Å². The summed E-state index contributed by atoms with van der Waals surface area (Å²) in [6.45, 7) is 2.46. The molecular formula is C23H22BrN3O3S. The van der Waals surface area contributed by atoms with Gasteiger partial charge >= 0.3 is 5.97 Å². The molecule has 0 spiro atoms. The van der Waals surface area contributed by atoms with Gasteiger partial charge in [0.1, 0.15) is 17.6 Å². The summed E-state index contributed by atoms with van der Waals surface area (Å²) in [6, 6.07) is 15.4. The predicted octanol–water partition coefficient (Wildman–Crippen LogP) is 4.95. The summed E-state index contributed by atoms with van der Waals surface area (Å²) in [7, 11) is 1.38. The number of carbonyl (C=O) groups is 1. The van der Waals surface area contributed by atoms with Gasteiger partial charge in [-0.1, -0.05) is 28.1 Å². The number of nitrogens with one attached hydrogen (secondary N) is 1. The average Bonchev–Trinajstić information content (AvgIpc) is 3.37. The molecule has 0 bridgehead atoms. The Morgan fingerprint density at radius 2 is 2.13 bits per heavy atom. The van der Waals surface area contributed by atoms with Crippen molar-refractivity contribution in [2.24, 2.45) is 0 Å². The molecule has 3 aromatic rings. The first-order valence-corrected chi connectivity index (χ1v) is 11.1.